The fourth-order valence-corrected chi connectivity index (χ4v) is 3.40. The van der Waals surface area contributed by atoms with Crippen LogP contribution in [0.5, 0.6) is 0 Å². The maximum Gasteiger partial charge on any atom is 0.241 e. The van der Waals surface area contributed by atoms with Gasteiger partial charge in [-0.25, -0.2) is 4.39 Å². The van der Waals surface area contributed by atoms with Gasteiger partial charge in [-0.2, -0.15) is 5.10 Å². The van der Waals surface area contributed by atoms with E-state index in [0.29, 0.717) is 5.69 Å². The number of carbonyl (C=O) groups is 2. The molecule has 1 heterocycles. The van der Waals surface area contributed by atoms with Gasteiger partial charge in [-0.15, -0.1) is 0 Å². The summed E-state index contributed by atoms with van der Waals surface area (Å²) in [7, 11) is 0. The van der Waals surface area contributed by atoms with E-state index in [1.807, 2.05) is 6.92 Å². The van der Waals surface area contributed by atoms with Gasteiger partial charge in [-0.1, -0.05) is 31.9 Å². The van der Waals surface area contributed by atoms with Crippen LogP contribution in [-0.2, 0) is 16.1 Å². The Balaban J connectivity index is 1.47. The van der Waals surface area contributed by atoms with Crippen molar-refractivity contribution in [1.82, 2.24) is 15.1 Å². The monoisotopic (exact) mass is 372 g/mol. The van der Waals surface area contributed by atoms with E-state index in [1.165, 1.54) is 35.9 Å². The lowest BCUT2D eigenvalue weighted by atomic mass is 9.97. The minimum Gasteiger partial charge on any atom is -0.352 e. The van der Waals surface area contributed by atoms with Gasteiger partial charge in [-0.3, -0.25) is 14.3 Å². The lowest BCUT2D eigenvalue weighted by Gasteiger charge is -2.12. The molecule has 1 aromatic heterocycles. The number of rotatable bonds is 7. The number of anilines is 1. The fourth-order valence-electron chi connectivity index (χ4n) is 3.40. The molecule has 0 spiro atoms. The van der Waals surface area contributed by atoms with E-state index >= 15 is 0 Å². The van der Waals surface area contributed by atoms with E-state index in [1.54, 1.807) is 18.3 Å². The highest BCUT2D eigenvalue weighted by Gasteiger charge is 2.17. The molecule has 1 fully saturated rings. The van der Waals surface area contributed by atoms with E-state index in [4.69, 9.17) is 0 Å². The molecule has 2 amide bonds. The molecule has 0 bridgehead atoms. The Kier molecular flexibility index (Phi) is 6.21. The number of benzene rings is 1. The molecule has 1 saturated carbocycles. The van der Waals surface area contributed by atoms with E-state index in [-0.39, 0.29) is 42.6 Å². The van der Waals surface area contributed by atoms with Crippen LogP contribution in [-0.4, -0.2) is 27.6 Å². The van der Waals surface area contributed by atoms with Crippen LogP contribution in [0.15, 0.2) is 36.7 Å². The number of hydrogen-bond donors (Lipinski definition) is 2. The second kappa shape index (κ2) is 8.79. The Bertz CT molecular complexity index is 782. The van der Waals surface area contributed by atoms with Gasteiger partial charge >= 0.3 is 0 Å². The van der Waals surface area contributed by atoms with Crippen molar-refractivity contribution in [3.8, 4) is 0 Å². The maximum atomic E-state index is 13.0. The van der Waals surface area contributed by atoms with Gasteiger partial charge in [0.15, 0.2) is 0 Å². The Morgan fingerprint density at radius 3 is 2.63 bits per heavy atom. The fraction of sp³-hybridized carbons (Fsp3) is 0.450. The first-order chi connectivity index (χ1) is 13.0. The SMILES string of the molecule is CC(CC(=O)Nc1cnn(CC(=O)NC2CCCC2)c1)c1ccc(F)cc1. The van der Waals surface area contributed by atoms with Crippen molar-refractivity contribution in [1.29, 1.82) is 0 Å². The third-order valence-corrected chi connectivity index (χ3v) is 4.87. The summed E-state index contributed by atoms with van der Waals surface area (Å²) in [6.07, 6.45) is 7.87. The molecule has 1 unspecified atom stereocenters. The predicted octanol–water partition coefficient (Wildman–Crippen LogP) is 3.21. The summed E-state index contributed by atoms with van der Waals surface area (Å²) in [6, 6.07) is 6.44. The third kappa shape index (κ3) is 5.64. The molecule has 0 radical (unpaired) electrons. The standard InChI is InChI=1S/C20H25FN4O2/c1-14(15-6-8-16(21)9-7-15)10-19(26)24-18-11-22-25(12-18)13-20(27)23-17-4-2-3-5-17/h6-9,11-12,14,17H,2-5,10,13H2,1H3,(H,23,27)(H,24,26). The van der Waals surface area contributed by atoms with E-state index < -0.39 is 0 Å². The first kappa shape index (κ1) is 19.1. The summed E-state index contributed by atoms with van der Waals surface area (Å²) in [5.74, 6) is -0.535. The molecule has 1 aliphatic carbocycles. The summed E-state index contributed by atoms with van der Waals surface area (Å²) in [5.41, 5.74) is 1.46. The van der Waals surface area contributed by atoms with Crippen molar-refractivity contribution in [2.75, 3.05) is 5.32 Å². The topological polar surface area (TPSA) is 76.0 Å². The van der Waals surface area contributed by atoms with Crippen LogP contribution >= 0.6 is 0 Å². The van der Waals surface area contributed by atoms with Gasteiger partial charge in [0.1, 0.15) is 12.4 Å². The largest absolute Gasteiger partial charge is 0.352 e. The minimum absolute atomic E-state index is 0.0298. The second-order valence-corrected chi connectivity index (χ2v) is 7.18. The molecule has 3 rings (SSSR count). The van der Waals surface area contributed by atoms with Crippen LogP contribution in [0.3, 0.4) is 0 Å². The van der Waals surface area contributed by atoms with Crippen LogP contribution in [0.4, 0.5) is 10.1 Å². The third-order valence-electron chi connectivity index (χ3n) is 4.87. The number of halogens is 1. The highest BCUT2D eigenvalue weighted by molar-refractivity contribution is 5.91. The molecular formula is C20H25FN4O2. The summed E-state index contributed by atoms with van der Waals surface area (Å²) < 4.78 is 14.5. The molecule has 1 atom stereocenters. The van der Waals surface area contributed by atoms with Gasteiger partial charge in [-0.05, 0) is 36.5 Å². The van der Waals surface area contributed by atoms with Crippen LogP contribution < -0.4 is 10.6 Å². The molecule has 0 aliphatic heterocycles. The van der Waals surface area contributed by atoms with E-state index in [9.17, 15) is 14.0 Å². The van der Waals surface area contributed by atoms with Gasteiger partial charge in [0.25, 0.3) is 0 Å². The number of amides is 2. The predicted molar refractivity (Wildman–Crippen MR) is 101 cm³/mol. The first-order valence-corrected chi connectivity index (χ1v) is 9.37. The Hall–Kier alpha value is -2.70. The van der Waals surface area contributed by atoms with Crippen LogP contribution in [0.2, 0.25) is 0 Å². The summed E-state index contributed by atoms with van der Waals surface area (Å²) >= 11 is 0. The molecule has 1 aromatic carbocycles. The average molecular weight is 372 g/mol. The van der Waals surface area contributed by atoms with E-state index in [2.05, 4.69) is 15.7 Å². The molecule has 144 valence electrons. The van der Waals surface area contributed by atoms with Gasteiger partial charge in [0.2, 0.25) is 11.8 Å². The van der Waals surface area contributed by atoms with E-state index in [0.717, 1.165) is 18.4 Å². The second-order valence-electron chi connectivity index (χ2n) is 7.18. The van der Waals surface area contributed by atoms with Crippen molar-refractivity contribution in [3.63, 3.8) is 0 Å². The molecule has 2 aromatic rings. The highest BCUT2D eigenvalue weighted by atomic mass is 19.1. The number of hydrogen-bond acceptors (Lipinski definition) is 3. The lowest BCUT2D eigenvalue weighted by Crippen LogP contribution is -2.35. The van der Waals surface area contributed by atoms with Gasteiger partial charge < -0.3 is 10.6 Å². The summed E-state index contributed by atoms with van der Waals surface area (Å²) in [5, 5.41) is 9.93. The zero-order valence-corrected chi connectivity index (χ0v) is 15.5. The van der Waals surface area contributed by atoms with Gasteiger partial charge in [0.05, 0.1) is 11.9 Å². The van der Waals surface area contributed by atoms with Crippen molar-refractivity contribution in [2.24, 2.45) is 0 Å². The quantitative estimate of drug-likeness (QED) is 0.784. The maximum absolute atomic E-state index is 13.0. The number of nitrogens with one attached hydrogen (secondary N) is 2. The zero-order chi connectivity index (χ0) is 19.2. The van der Waals surface area contributed by atoms with Crippen molar-refractivity contribution in [3.05, 3.63) is 48.0 Å². The summed E-state index contributed by atoms with van der Waals surface area (Å²) in [4.78, 5) is 24.3. The van der Waals surface area contributed by atoms with Crippen molar-refractivity contribution < 1.29 is 14.0 Å². The molecule has 7 heteroatoms. The first-order valence-electron chi connectivity index (χ1n) is 9.37. The zero-order valence-electron chi connectivity index (χ0n) is 15.5. The van der Waals surface area contributed by atoms with Crippen LogP contribution in [0.1, 0.15) is 50.5 Å². The van der Waals surface area contributed by atoms with Gasteiger partial charge in [0, 0.05) is 18.7 Å². The molecule has 2 N–H and O–H groups in total. The normalized spacial score (nSPS) is 15.5. The minimum atomic E-state index is -0.292. The Labute approximate surface area is 158 Å². The Morgan fingerprint density at radius 2 is 1.93 bits per heavy atom. The smallest absolute Gasteiger partial charge is 0.241 e. The molecule has 6 nitrogen and oxygen atoms in total. The van der Waals surface area contributed by atoms with Crippen molar-refractivity contribution in [2.45, 2.75) is 57.5 Å². The lowest BCUT2D eigenvalue weighted by molar-refractivity contribution is -0.122. The van der Waals surface area contributed by atoms with Crippen LogP contribution in [0, 0.1) is 5.82 Å². The molecule has 27 heavy (non-hydrogen) atoms. The highest BCUT2D eigenvalue weighted by Crippen LogP contribution is 2.20. The average Bonchev–Trinajstić information content (AvgIpc) is 3.27. The van der Waals surface area contributed by atoms with Crippen molar-refractivity contribution >= 4 is 17.5 Å². The summed E-state index contributed by atoms with van der Waals surface area (Å²) in [6.45, 7) is 2.06. The molecular weight excluding hydrogens is 347 g/mol. The molecule has 0 saturated heterocycles. The molecule has 1 aliphatic rings. The Morgan fingerprint density at radius 1 is 1.22 bits per heavy atom. The number of aromatic nitrogens is 2. The number of nitrogens with zero attached hydrogens (tertiary/aromatic N) is 2. The van der Waals surface area contributed by atoms with Crippen LogP contribution in [0.25, 0.3) is 0 Å². The number of carbonyl (C=O) groups excluding carboxylic acids is 2.